The van der Waals surface area contributed by atoms with Crippen molar-refractivity contribution in [2.45, 2.75) is 44.2 Å². The molecule has 1 aliphatic rings. The number of nitrogens with zero attached hydrogens (tertiary/aromatic N) is 3. The monoisotopic (exact) mass is 224 g/mol. The van der Waals surface area contributed by atoms with Gasteiger partial charge in [0.15, 0.2) is 5.82 Å². The summed E-state index contributed by atoms with van der Waals surface area (Å²) in [5.74, 6) is 0.921. The highest BCUT2D eigenvalue weighted by Crippen LogP contribution is 2.33. The first-order valence-corrected chi connectivity index (χ1v) is 5.92. The summed E-state index contributed by atoms with van der Waals surface area (Å²) in [6.07, 6.45) is 7.43. The summed E-state index contributed by atoms with van der Waals surface area (Å²) in [4.78, 5) is 0. The van der Waals surface area contributed by atoms with Gasteiger partial charge in [0, 0.05) is 13.7 Å². The molecule has 1 saturated carbocycles. The normalized spacial score (nSPS) is 19.9. The smallest absolute Gasteiger partial charge is 0.153 e. The molecule has 0 aromatic carbocycles. The van der Waals surface area contributed by atoms with Crippen molar-refractivity contribution in [2.24, 2.45) is 5.73 Å². The predicted molar refractivity (Wildman–Crippen MR) is 60.8 cm³/mol. The van der Waals surface area contributed by atoms with Crippen LogP contribution in [0.4, 0.5) is 0 Å². The standard InChI is InChI=1S/C11H20N4O/c1-16-8-7-15-9-13-14-10(15)11(12)5-3-2-4-6-11/h9H,2-8,12H2,1H3. The highest BCUT2D eigenvalue weighted by Gasteiger charge is 2.33. The highest BCUT2D eigenvalue weighted by atomic mass is 16.5. The van der Waals surface area contributed by atoms with E-state index in [4.69, 9.17) is 10.5 Å². The lowest BCUT2D eigenvalue weighted by molar-refractivity contribution is 0.182. The molecule has 5 nitrogen and oxygen atoms in total. The Balaban J connectivity index is 2.15. The molecule has 2 N–H and O–H groups in total. The summed E-state index contributed by atoms with van der Waals surface area (Å²) in [5.41, 5.74) is 6.16. The Labute approximate surface area is 96.0 Å². The van der Waals surface area contributed by atoms with Gasteiger partial charge in [-0.1, -0.05) is 19.3 Å². The number of rotatable bonds is 4. The first kappa shape index (κ1) is 11.5. The number of hydrogen-bond acceptors (Lipinski definition) is 4. The lowest BCUT2D eigenvalue weighted by Crippen LogP contribution is -2.41. The predicted octanol–water partition coefficient (Wildman–Crippen LogP) is 1.04. The van der Waals surface area contributed by atoms with E-state index in [0.717, 1.165) is 25.2 Å². The molecule has 5 heteroatoms. The van der Waals surface area contributed by atoms with Gasteiger partial charge in [0.2, 0.25) is 0 Å². The maximum Gasteiger partial charge on any atom is 0.153 e. The van der Waals surface area contributed by atoms with Crippen LogP contribution in [0.5, 0.6) is 0 Å². The molecule has 0 radical (unpaired) electrons. The van der Waals surface area contributed by atoms with Gasteiger partial charge < -0.3 is 15.0 Å². The molecule has 1 aromatic rings. The number of ether oxygens (including phenoxy) is 1. The van der Waals surface area contributed by atoms with Crippen molar-refractivity contribution in [1.29, 1.82) is 0 Å². The summed E-state index contributed by atoms with van der Waals surface area (Å²) < 4.78 is 7.10. The molecule has 0 bridgehead atoms. The fraction of sp³-hybridized carbons (Fsp3) is 0.818. The van der Waals surface area contributed by atoms with Crippen molar-refractivity contribution in [3.63, 3.8) is 0 Å². The fourth-order valence-electron chi connectivity index (χ4n) is 2.40. The zero-order valence-corrected chi connectivity index (χ0v) is 9.85. The van der Waals surface area contributed by atoms with Crippen LogP contribution < -0.4 is 5.73 Å². The number of aromatic nitrogens is 3. The van der Waals surface area contributed by atoms with Gasteiger partial charge in [0.25, 0.3) is 0 Å². The molecule has 2 rings (SSSR count). The first-order chi connectivity index (χ1) is 7.76. The van der Waals surface area contributed by atoms with Crippen molar-refractivity contribution in [3.8, 4) is 0 Å². The molecule has 0 spiro atoms. The summed E-state index contributed by atoms with van der Waals surface area (Å²) in [6, 6.07) is 0. The second kappa shape index (κ2) is 4.93. The molecule has 1 aliphatic carbocycles. The molecule has 1 heterocycles. The van der Waals surface area contributed by atoms with Crippen LogP contribution in [0.25, 0.3) is 0 Å². The zero-order valence-electron chi connectivity index (χ0n) is 9.85. The van der Waals surface area contributed by atoms with E-state index in [1.54, 1.807) is 13.4 Å². The molecule has 0 saturated heterocycles. The third kappa shape index (κ3) is 2.25. The molecule has 16 heavy (non-hydrogen) atoms. The first-order valence-electron chi connectivity index (χ1n) is 5.92. The lowest BCUT2D eigenvalue weighted by Gasteiger charge is -2.32. The van der Waals surface area contributed by atoms with Crippen LogP contribution in [0.15, 0.2) is 6.33 Å². The summed E-state index contributed by atoms with van der Waals surface area (Å²) >= 11 is 0. The van der Waals surface area contributed by atoms with Gasteiger partial charge in [0.05, 0.1) is 12.1 Å². The van der Waals surface area contributed by atoms with E-state index >= 15 is 0 Å². The molecule has 0 aliphatic heterocycles. The van der Waals surface area contributed by atoms with E-state index in [-0.39, 0.29) is 5.54 Å². The van der Waals surface area contributed by atoms with Gasteiger partial charge in [0.1, 0.15) is 6.33 Å². The minimum absolute atomic E-state index is 0.275. The largest absolute Gasteiger partial charge is 0.383 e. The minimum Gasteiger partial charge on any atom is -0.383 e. The second-order valence-corrected chi connectivity index (χ2v) is 4.56. The van der Waals surface area contributed by atoms with Crippen LogP contribution in [0, 0.1) is 0 Å². The Morgan fingerprint density at radius 1 is 1.44 bits per heavy atom. The van der Waals surface area contributed by atoms with Crippen LogP contribution in [-0.2, 0) is 16.8 Å². The van der Waals surface area contributed by atoms with E-state index in [2.05, 4.69) is 10.2 Å². The molecule has 1 fully saturated rings. The van der Waals surface area contributed by atoms with Crippen LogP contribution in [0.1, 0.15) is 37.9 Å². The highest BCUT2D eigenvalue weighted by molar-refractivity contribution is 5.06. The Morgan fingerprint density at radius 3 is 2.88 bits per heavy atom. The second-order valence-electron chi connectivity index (χ2n) is 4.56. The van der Waals surface area contributed by atoms with Crippen LogP contribution in [-0.4, -0.2) is 28.5 Å². The molecule has 0 unspecified atom stereocenters. The average Bonchev–Trinajstić information content (AvgIpc) is 2.76. The summed E-state index contributed by atoms with van der Waals surface area (Å²) in [5, 5.41) is 8.17. The molecular formula is C11H20N4O. The third-order valence-corrected chi connectivity index (χ3v) is 3.34. The Hall–Kier alpha value is -0.940. The van der Waals surface area contributed by atoms with Gasteiger partial charge in [-0.15, -0.1) is 10.2 Å². The summed E-state index contributed by atoms with van der Waals surface area (Å²) in [6.45, 7) is 1.44. The van der Waals surface area contributed by atoms with Crippen LogP contribution in [0.2, 0.25) is 0 Å². The Bertz CT molecular complexity index is 330. The van der Waals surface area contributed by atoms with Crippen molar-refractivity contribution in [1.82, 2.24) is 14.8 Å². The van der Waals surface area contributed by atoms with E-state index in [1.807, 2.05) is 4.57 Å². The van der Waals surface area contributed by atoms with Crippen LogP contribution >= 0.6 is 0 Å². The third-order valence-electron chi connectivity index (χ3n) is 3.34. The number of hydrogen-bond donors (Lipinski definition) is 1. The zero-order chi connectivity index (χ0) is 11.4. The van der Waals surface area contributed by atoms with Gasteiger partial charge in [-0.3, -0.25) is 0 Å². The molecule has 0 amide bonds. The quantitative estimate of drug-likeness (QED) is 0.830. The lowest BCUT2D eigenvalue weighted by atomic mass is 9.82. The van der Waals surface area contributed by atoms with Crippen molar-refractivity contribution < 1.29 is 4.74 Å². The Kier molecular flexibility index (Phi) is 3.56. The molecule has 0 atom stereocenters. The van der Waals surface area contributed by atoms with E-state index < -0.39 is 0 Å². The van der Waals surface area contributed by atoms with E-state index in [0.29, 0.717) is 6.61 Å². The van der Waals surface area contributed by atoms with Crippen molar-refractivity contribution >= 4 is 0 Å². The Morgan fingerprint density at radius 2 is 2.19 bits per heavy atom. The SMILES string of the molecule is COCCn1cnnc1C1(N)CCCCC1. The van der Waals surface area contributed by atoms with Gasteiger partial charge in [-0.25, -0.2) is 0 Å². The average molecular weight is 224 g/mol. The fourth-order valence-corrected chi connectivity index (χ4v) is 2.40. The topological polar surface area (TPSA) is 66.0 Å². The van der Waals surface area contributed by atoms with Gasteiger partial charge in [-0.2, -0.15) is 0 Å². The van der Waals surface area contributed by atoms with Crippen molar-refractivity contribution in [2.75, 3.05) is 13.7 Å². The van der Waals surface area contributed by atoms with E-state index in [9.17, 15) is 0 Å². The molecule has 1 aromatic heterocycles. The van der Waals surface area contributed by atoms with Gasteiger partial charge >= 0.3 is 0 Å². The van der Waals surface area contributed by atoms with Crippen LogP contribution in [0.3, 0.4) is 0 Å². The number of methoxy groups -OCH3 is 1. The van der Waals surface area contributed by atoms with Crippen molar-refractivity contribution in [3.05, 3.63) is 12.2 Å². The number of nitrogens with two attached hydrogens (primary N) is 1. The molecular weight excluding hydrogens is 204 g/mol. The van der Waals surface area contributed by atoms with E-state index in [1.165, 1.54) is 19.3 Å². The minimum atomic E-state index is -0.275. The maximum absolute atomic E-state index is 6.43. The molecule has 90 valence electrons. The maximum atomic E-state index is 6.43. The van der Waals surface area contributed by atoms with Gasteiger partial charge in [-0.05, 0) is 12.8 Å². The summed E-state index contributed by atoms with van der Waals surface area (Å²) in [7, 11) is 1.70.